The highest BCUT2D eigenvalue weighted by Crippen LogP contribution is 2.22. The summed E-state index contributed by atoms with van der Waals surface area (Å²) in [5, 5.41) is 5.03. The summed E-state index contributed by atoms with van der Waals surface area (Å²) in [6.07, 6.45) is 0.846. The van der Waals surface area contributed by atoms with E-state index < -0.39 is 10.2 Å². The average Bonchev–Trinajstić information content (AvgIpc) is 2.03. The molecule has 0 spiro atoms. The molecule has 0 amide bonds. The highest BCUT2D eigenvalue weighted by atomic mass is 32.2. The Bertz CT molecular complexity index is 265. The van der Waals surface area contributed by atoms with Crippen molar-refractivity contribution in [1.29, 1.82) is 0 Å². The predicted octanol–water partition coefficient (Wildman–Crippen LogP) is -0.893. The van der Waals surface area contributed by atoms with E-state index in [1.165, 1.54) is 4.31 Å². The average molecular weight is 207 g/mol. The molecule has 78 valence electrons. The number of hydrogen-bond donors (Lipinski definition) is 2. The zero-order valence-electron chi connectivity index (χ0n) is 7.81. The molecule has 5 nitrogen and oxygen atoms in total. The molecule has 0 radical (unpaired) electrons. The Morgan fingerprint density at radius 1 is 1.54 bits per heavy atom. The van der Waals surface area contributed by atoms with Crippen molar-refractivity contribution in [3.05, 3.63) is 0 Å². The maximum Gasteiger partial charge on any atom is 0.276 e. The van der Waals surface area contributed by atoms with Crippen LogP contribution in [0.2, 0.25) is 0 Å². The Kier molecular flexibility index (Phi) is 3.28. The van der Waals surface area contributed by atoms with E-state index in [0.29, 0.717) is 25.6 Å². The standard InChI is InChI=1S/C7H17N3O2S/c1-6-2-3-10(13(9,11)12)5-7(6)4-8/h6-7H,2-5,8H2,1H3,(H2,9,11,12). The van der Waals surface area contributed by atoms with Gasteiger partial charge in [0.25, 0.3) is 10.2 Å². The number of rotatable bonds is 2. The van der Waals surface area contributed by atoms with Crippen LogP contribution in [-0.2, 0) is 10.2 Å². The predicted molar refractivity (Wildman–Crippen MR) is 51.0 cm³/mol. The highest BCUT2D eigenvalue weighted by molar-refractivity contribution is 7.86. The molecule has 0 aromatic heterocycles. The van der Waals surface area contributed by atoms with Crippen LogP contribution in [0.15, 0.2) is 0 Å². The van der Waals surface area contributed by atoms with Crippen LogP contribution in [0, 0.1) is 11.8 Å². The summed E-state index contributed by atoms with van der Waals surface area (Å²) >= 11 is 0. The molecule has 0 aliphatic carbocycles. The first kappa shape index (κ1) is 10.9. The molecule has 1 saturated heterocycles. The molecule has 0 saturated carbocycles. The van der Waals surface area contributed by atoms with Crippen LogP contribution >= 0.6 is 0 Å². The Hall–Kier alpha value is -0.170. The summed E-state index contributed by atoms with van der Waals surface area (Å²) in [7, 11) is -3.51. The molecule has 1 heterocycles. The molecule has 2 atom stereocenters. The first-order chi connectivity index (χ1) is 5.95. The van der Waals surface area contributed by atoms with Crippen LogP contribution in [0.25, 0.3) is 0 Å². The summed E-state index contributed by atoms with van der Waals surface area (Å²) in [5.41, 5.74) is 5.54. The molecule has 1 fully saturated rings. The van der Waals surface area contributed by atoms with E-state index in [1.54, 1.807) is 0 Å². The molecular weight excluding hydrogens is 190 g/mol. The molecule has 1 aliphatic heterocycles. The molecule has 13 heavy (non-hydrogen) atoms. The van der Waals surface area contributed by atoms with E-state index in [1.807, 2.05) is 0 Å². The van der Waals surface area contributed by atoms with Crippen molar-refractivity contribution in [2.45, 2.75) is 13.3 Å². The lowest BCUT2D eigenvalue weighted by molar-refractivity contribution is 0.203. The van der Waals surface area contributed by atoms with Gasteiger partial charge in [-0.2, -0.15) is 12.7 Å². The van der Waals surface area contributed by atoms with Gasteiger partial charge in [-0.25, -0.2) is 5.14 Å². The summed E-state index contributed by atoms with van der Waals surface area (Å²) < 4.78 is 23.3. The second-order valence-corrected chi connectivity index (χ2v) is 5.21. The molecule has 1 aliphatic rings. The lowest BCUT2D eigenvalue weighted by Crippen LogP contribution is -2.47. The van der Waals surface area contributed by atoms with Gasteiger partial charge >= 0.3 is 0 Å². The molecular formula is C7H17N3O2S. The zero-order valence-corrected chi connectivity index (χ0v) is 8.63. The lowest BCUT2D eigenvalue weighted by atomic mass is 9.88. The first-order valence-electron chi connectivity index (χ1n) is 4.43. The number of nitrogens with zero attached hydrogens (tertiary/aromatic N) is 1. The second kappa shape index (κ2) is 3.91. The minimum Gasteiger partial charge on any atom is -0.330 e. The monoisotopic (exact) mass is 207 g/mol. The normalized spacial score (nSPS) is 31.9. The van der Waals surface area contributed by atoms with Crippen LogP contribution < -0.4 is 10.9 Å². The topological polar surface area (TPSA) is 89.4 Å². The Morgan fingerprint density at radius 2 is 2.15 bits per heavy atom. The van der Waals surface area contributed by atoms with Gasteiger partial charge in [-0.05, 0) is 24.8 Å². The van der Waals surface area contributed by atoms with Gasteiger partial charge in [0.1, 0.15) is 0 Å². The van der Waals surface area contributed by atoms with Gasteiger partial charge in [0.05, 0.1) is 0 Å². The maximum atomic E-state index is 11.0. The fraction of sp³-hybridized carbons (Fsp3) is 1.00. The van der Waals surface area contributed by atoms with Gasteiger partial charge in [-0.1, -0.05) is 6.92 Å². The summed E-state index contributed by atoms with van der Waals surface area (Å²) in [6, 6.07) is 0. The molecule has 1 rings (SSSR count). The fourth-order valence-corrected chi connectivity index (χ4v) is 2.41. The van der Waals surface area contributed by atoms with Crippen LogP contribution in [0.5, 0.6) is 0 Å². The largest absolute Gasteiger partial charge is 0.330 e. The van der Waals surface area contributed by atoms with Crippen molar-refractivity contribution in [3.8, 4) is 0 Å². The zero-order chi connectivity index (χ0) is 10.1. The summed E-state index contributed by atoms with van der Waals surface area (Å²) in [4.78, 5) is 0. The Labute approximate surface area is 79.3 Å². The summed E-state index contributed by atoms with van der Waals surface area (Å²) in [5.74, 6) is 0.732. The van der Waals surface area contributed by atoms with Crippen LogP contribution in [-0.4, -0.2) is 32.4 Å². The number of piperidine rings is 1. The summed E-state index contributed by atoms with van der Waals surface area (Å²) in [6.45, 7) is 3.61. The van der Waals surface area contributed by atoms with E-state index >= 15 is 0 Å². The smallest absolute Gasteiger partial charge is 0.276 e. The highest BCUT2D eigenvalue weighted by Gasteiger charge is 2.29. The van der Waals surface area contributed by atoms with Gasteiger partial charge < -0.3 is 5.73 Å². The molecule has 0 aromatic rings. The number of hydrogen-bond acceptors (Lipinski definition) is 3. The van der Waals surface area contributed by atoms with Crippen molar-refractivity contribution in [2.75, 3.05) is 19.6 Å². The Morgan fingerprint density at radius 3 is 2.62 bits per heavy atom. The Balaban J connectivity index is 2.65. The molecule has 0 bridgehead atoms. The van der Waals surface area contributed by atoms with Gasteiger partial charge in [-0.3, -0.25) is 0 Å². The van der Waals surface area contributed by atoms with Gasteiger partial charge in [-0.15, -0.1) is 0 Å². The third kappa shape index (κ3) is 2.63. The van der Waals surface area contributed by atoms with Crippen LogP contribution in [0.1, 0.15) is 13.3 Å². The maximum absolute atomic E-state index is 11.0. The van der Waals surface area contributed by atoms with Gasteiger partial charge in [0.2, 0.25) is 0 Å². The second-order valence-electron chi connectivity index (χ2n) is 3.66. The molecule has 4 N–H and O–H groups in total. The van der Waals surface area contributed by atoms with Crippen molar-refractivity contribution in [1.82, 2.24) is 4.31 Å². The van der Waals surface area contributed by atoms with Gasteiger partial charge in [0, 0.05) is 13.1 Å². The van der Waals surface area contributed by atoms with Gasteiger partial charge in [0.15, 0.2) is 0 Å². The van der Waals surface area contributed by atoms with E-state index in [2.05, 4.69) is 6.92 Å². The van der Waals surface area contributed by atoms with E-state index in [0.717, 1.165) is 6.42 Å². The molecule has 0 aromatic carbocycles. The molecule has 2 unspecified atom stereocenters. The minimum absolute atomic E-state index is 0.243. The van der Waals surface area contributed by atoms with E-state index in [9.17, 15) is 8.42 Å². The first-order valence-corrected chi connectivity index (χ1v) is 5.93. The van der Waals surface area contributed by atoms with E-state index in [-0.39, 0.29) is 5.92 Å². The van der Waals surface area contributed by atoms with Crippen molar-refractivity contribution in [3.63, 3.8) is 0 Å². The van der Waals surface area contributed by atoms with Crippen LogP contribution in [0.4, 0.5) is 0 Å². The third-order valence-electron chi connectivity index (χ3n) is 2.74. The van der Waals surface area contributed by atoms with Crippen molar-refractivity contribution in [2.24, 2.45) is 22.7 Å². The lowest BCUT2D eigenvalue weighted by Gasteiger charge is -2.34. The quantitative estimate of drug-likeness (QED) is 0.615. The third-order valence-corrected chi connectivity index (χ3v) is 3.79. The van der Waals surface area contributed by atoms with Crippen LogP contribution in [0.3, 0.4) is 0 Å². The SMILES string of the molecule is CC1CCN(S(N)(=O)=O)CC1CN. The van der Waals surface area contributed by atoms with Crippen molar-refractivity contribution < 1.29 is 8.42 Å². The number of nitrogens with two attached hydrogens (primary N) is 2. The van der Waals surface area contributed by atoms with E-state index in [4.69, 9.17) is 10.9 Å². The van der Waals surface area contributed by atoms with Crippen molar-refractivity contribution >= 4 is 10.2 Å². The fourth-order valence-electron chi connectivity index (χ4n) is 1.65. The minimum atomic E-state index is -3.51. The molecule has 6 heteroatoms.